The predicted octanol–water partition coefficient (Wildman–Crippen LogP) is 0.937. The number of carbonyl (C=O) groups excluding carboxylic acids is 2. The van der Waals surface area contributed by atoms with Gasteiger partial charge in [-0.1, -0.05) is 0 Å². The summed E-state index contributed by atoms with van der Waals surface area (Å²) in [6.07, 6.45) is -0.403. The number of ether oxygens (including phenoxy) is 2. The third-order valence-electron chi connectivity index (χ3n) is 2.61. The van der Waals surface area contributed by atoms with Gasteiger partial charge in [-0.15, -0.1) is 0 Å². The molecule has 8 heteroatoms. The zero-order valence-electron chi connectivity index (χ0n) is 11.7. The number of aldehydes is 1. The van der Waals surface area contributed by atoms with Gasteiger partial charge in [0.05, 0.1) is 17.1 Å². The highest BCUT2D eigenvalue weighted by molar-refractivity contribution is 5.83. The number of rotatable bonds is 8. The molecule has 1 atom stereocenters. The van der Waals surface area contributed by atoms with E-state index in [4.69, 9.17) is 9.47 Å². The molecule has 0 aliphatic carbocycles. The summed E-state index contributed by atoms with van der Waals surface area (Å²) in [5.74, 6) is -0.257. The van der Waals surface area contributed by atoms with Crippen LogP contribution in [0.15, 0.2) is 18.2 Å². The molecule has 114 valence electrons. The first-order valence-electron chi connectivity index (χ1n) is 6.16. The molecular formula is C13H16N2O6. The first-order valence-corrected chi connectivity index (χ1v) is 6.16. The van der Waals surface area contributed by atoms with Gasteiger partial charge in [-0.05, 0) is 13.0 Å². The van der Waals surface area contributed by atoms with Crippen molar-refractivity contribution in [2.24, 2.45) is 0 Å². The SMILES string of the molecule is COCCNC(=O)C(C)Oc1ccc([N+](=O)[O-])cc1C=O. The average molecular weight is 296 g/mol. The quantitative estimate of drug-likeness (QED) is 0.331. The Morgan fingerprint density at radius 1 is 1.52 bits per heavy atom. The number of benzene rings is 1. The molecule has 0 saturated heterocycles. The number of nitrogens with one attached hydrogen (secondary N) is 1. The molecule has 0 radical (unpaired) electrons. The van der Waals surface area contributed by atoms with Gasteiger partial charge < -0.3 is 14.8 Å². The van der Waals surface area contributed by atoms with Gasteiger partial charge in [0.15, 0.2) is 12.4 Å². The van der Waals surface area contributed by atoms with Gasteiger partial charge in [0.2, 0.25) is 0 Å². The van der Waals surface area contributed by atoms with E-state index in [-0.39, 0.29) is 22.9 Å². The fraction of sp³-hybridized carbons (Fsp3) is 0.385. The maximum Gasteiger partial charge on any atom is 0.270 e. The van der Waals surface area contributed by atoms with Gasteiger partial charge in [-0.2, -0.15) is 0 Å². The van der Waals surface area contributed by atoms with Crippen LogP contribution in [0.3, 0.4) is 0 Å². The first kappa shape index (κ1) is 16.6. The summed E-state index contributed by atoms with van der Waals surface area (Å²) in [5.41, 5.74) is -0.206. The van der Waals surface area contributed by atoms with E-state index in [2.05, 4.69) is 5.32 Å². The fourth-order valence-electron chi connectivity index (χ4n) is 1.51. The van der Waals surface area contributed by atoms with E-state index in [1.54, 1.807) is 0 Å². The lowest BCUT2D eigenvalue weighted by Crippen LogP contribution is -2.38. The molecule has 0 aliphatic heterocycles. The minimum Gasteiger partial charge on any atom is -0.480 e. The van der Waals surface area contributed by atoms with Gasteiger partial charge in [-0.3, -0.25) is 19.7 Å². The minimum atomic E-state index is -0.845. The summed E-state index contributed by atoms with van der Waals surface area (Å²) in [6.45, 7) is 2.22. The van der Waals surface area contributed by atoms with E-state index in [9.17, 15) is 19.7 Å². The van der Waals surface area contributed by atoms with Gasteiger partial charge in [0, 0.05) is 25.8 Å². The molecule has 21 heavy (non-hydrogen) atoms. The first-order chi connectivity index (χ1) is 9.99. The smallest absolute Gasteiger partial charge is 0.270 e. The van der Waals surface area contributed by atoms with E-state index >= 15 is 0 Å². The number of carbonyl (C=O) groups is 2. The normalized spacial score (nSPS) is 11.5. The van der Waals surface area contributed by atoms with Crippen LogP contribution in [0, 0.1) is 10.1 Å². The van der Waals surface area contributed by atoms with Crippen LogP contribution in [0.5, 0.6) is 5.75 Å². The number of amides is 1. The third-order valence-corrected chi connectivity index (χ3v) is 2.61. The Labute approximate surface area is 121 Å². The zero-order valence-corrected chi connectivity index (χ0v) is 11.7. The van der Waals surface area contributed by atoms with Crippen molar-refractivity contribution in [3.63, 3.8) is 0 Å². The predicted molar refractivity (Wildman–Crippen MR) is 73.5 cm³/mol. The molecule has 0 aliphatic rings. The number of hydrogen-bond donors (Lipinski definition) is 1. The highest BCUT2D eigenvalue weighted by atomic mass is 16.6. The molecule has 8 nitrogen and oxygen atoms in total. The lowest BCUT2D eigenvalue weighted by Gasteiger charge is -2.15. The van der Waals surface area contributed by atoms with Crippen molar-refractivity contribution in [2.75, 3.05) is 20.3 Å². The standard InChI is InChI=1S/C13H16N2O6/c1-9(13(17)14-5-6-20-2)21-12-4-3-11(15(18)19)7-10(12)8-16/h3-4,7-9H,5-6H2,1-2H3,(H,14,17). The van der Waals surface area contributed by atoms with Gasteiger partial charge in [0.1, 0.15) is 5.75 Å². The van der Waals surface area contributed by atoms with E-state index in [0.29, 0.717) is 19.4 Å². The molecule has 1 aromatic rings. The van der Waals surface area contributed by atoms with Crippen molar-refractivity contribution in [3.8, 4) is 5.75 Å². The highest BCUT2D eigenvalue weighted by Crippen LogP contribution is 2.23. The van der Waals surface area contributed by atoms with Crippen molar-refractivity contribution in [1.29, 1.82) is 0 Å². The molecule has 0 fully saturated rings. The van der Waals surface area contributed by atoms with Gasteiger partial charge in [-0.25, -0.2) is 0 Å². The maximum absolute atomic E-state index is 11.7. The Balaban J connectivity index is 2.75. The molecule has 0 saturated carbocycles. The number of nitro groups is 1. The molecule has 1 N–H and O–H groups in total. The van der Waals surface area contributed by atoms with E-state index < -0.39 is 11.0 Å². The second kappa shape index (κ2) is 7.95. The van der Waals surface area contributed by atoms with Crippen LogP contribution in [0.2, 0.25) is 0 Å². The summed E-state index contributed by atoms with van der Waals surface area (Å²) in [7, 11) is 1.51. The molecule has 0 bridgehead atoms. The van der Waals surface area contributed by atoms with Crippen LogP contribution >= 0.6 is 0 Å². The Hall–Kier alpha value is -2.48. The van der Waals surface area contributed by atoms with Crippen LogP contribution in [0.4, 0.5) is 5.69 Å². The number of nitrogens with zero attached hydrogens (tertiary/aromatic N) is 1. The van der Waals surface area contributed by atoms with Crippen molar-refractivity contribution in [1.82, 2.24) is 5.32 Å². The molecule has 0 heterocycles. The van der Waals surface area contributed by atoms with Gasteiger partial charge >= 0.3 is 0 Å². The number of non-ortho nitro benzene ring substituents is 1. The zero-order chi connectivity index (χ0) is 15.8. The second-order valence-corrected chi connectivity index (χ2v) is 4.14. The molecule has 1 rings (SSSR count). The molecular weight excluding hydrogens is 280 g/mol. The van der Waals surface area contributed by atoms with Crippen molar-refractivity contribution < 1.29 is 24.0 Å². The Morgan fingerprint density at radius 3 is 2.81 bits per heavy atom. The summed E-state index contributed by atoms with van der Waals surface area (Å²) in [4.78, 5) is 32.7. The second-order valence-electron chi connectivity index (χ2n) is 4.14. The maximum atomic E-state index is 11.7. The fourth-order valence-corrected chi connectivity index (χ4v) is 1.51. The summed E-state index contributed by atoms with van der Waals surface area (Å²) in [5, 5.41) is 13.2. The van der Waals surface area contributed by atoms with Crippen molar-refractivity contribution in [2.45, 2.75) is 13.0 Å². The van der Waals surface area contributed by atoms with Gasteiger partial charge in [0.25, 0.3) is 11.6 Å². The minimum absolute atomic E-state index is 0.0146. The van der Waals surface area contributed by atoms with Crippen molar-refractivity contribution in [3.05, 3.63) is 33.9 Å². The number of hydrogen-bond acceptors (Lipinski definition) is 6. The van der Waals surface area contributed by atoms with Crippen LogP contribution < -0.4 is 10.1 Å². The van der Waals surface area contributed by atoms with E-state index in [1.807, 2.05) is 0 Å². The lowest BCUT2D eigenvalue weighted by molar-refractivity contribution is -0.384. The average Bonchev–Trinajstić information content (AvgIpc) is 2.47. The lowest BCUT2D eigenvalue weighted by atomic mass is 10.2. The molecule has 1 amide bonds. The van der Waals surface area contributed by atoms with Crippen LogP contribution in [-0.2, 0) is 9.53 Å². The molecule has 1 unspecified atom stereocenters. The molecule has 0 aromatic heterocycles. The van der Waals surface area contributed by atoms with Crippen LogP contribution in [0.25, 0.3) is 0 Å². The van der Waals surface area contributed by atoms with E-state index in [0.717, 1.165) is 6.07 Å². The summed E-state index contributed by atoms with van der Waals surface area (Å²) in [6, 6.07) is 3.59. The largest absolute Gasteiger partial charge is 0.480 e. The van der Waals surface area contributed by atoms with E-state index in [1.165, 1.54) is 26.2 Å². The van der Waals surface area contributed by atoms with Crippen molar-refractivity contribution >= 4 is 17.9 Å². The number of nitro benzene ring substituents is 1. The third kappa shape index (κ3) is 4.84. The monoisotopic (exact) mass is 296 g/mol. The Kier molecular flexibility index (Phi) is 6.28. The number of methoxy groups -OCH3 is 1. The van der Waals surface area contributed by atoms with Crippen LogP contribution in [0.1, 0.15) is 17.3 Å². The Bertz CT molecular complexity index is 531. The molecule has 1 aromatic carbocycles. The summed E-state index contributed by atoms with van der Waals surface area (Å²) >= 11 is 0. The Morgan fingerprint density at radius 2 is 2.24 bits per heavy atom. The topological polar surface area (TPSA) is 108 Å². The van der Waals surface area contributed by atoms with Crippen LogP contribution in [-0.4, -0.2) is 43.5 Å². The summed E-state index contributed by atoms with van der Waals surface area (Å²) < 4.78 is 10.2. The molecule has 0 spiro atoms. The highest BCUT2D eigenvalue weighted by Gasteiger charge is 2.17.